The van der Waals surface area contributed by atoms with Crippen LogP contribution in [-0.2, 0) is 22.7 Å². The maximum atomic E-state index is 13.7. The average Bonchev–Trinajstić information content (AvgIpc) is 3.43. The van der Waals surface area contributed by atoms with Crippen molar-refractivity contribution in [2.75, 3.05) is 11.4 Å². The fourth-order valence-electron chi connectivity index (χ4n) is 4.92. The molecule has 4 aromatic rings. The van der Waals surface area contributed by atoms with E-state index in [9.17, 15) is 9.59 Å². The highest BCUT2D eigenvalue weighted by molar-refractivity contribution is 9.10. The second-order valence-corrected chi connectivity index (χ2v) is 10.4. The van der Waals surface area contributed by atoms with E-state index in [2.05, 4.69) is 15.9 Å². The first-order valence-electron chi connectivity index (χ1n) is 12.3. The second kappa shape index (κ2) is 10.3. The molecule has 0 aliphatic carbocycles. The first-order chi connectivity index (χ1) is 17.4. The smallest absolute Gasteiger partial charge is 0.243 e. The van der Waals surface area contributed by atoms with Crippen molar-refractivity contribution in [3.8, 4) is 0 Å². The molecule has 0 spiro atoms. The molecule has 1 aromatic heterocycles. The van der Waals surface area contributed by atoms with Crippen LogP contribution in [0.4, 0.5) is 5.69 Å². The van der Waals surface area contributed by atoms with Crippen molar-refractivity contribution in [1.82, 2.24) is 14.5 Å². The van der Waals surface area contributed by atoms with Crippen molar-refractivity contribution >= 4 is 44.5 Å². The Hall–Kier alpha value is -3.45. The lowest BCUT2D eigenvalue weighted by atomic mass is 10.1. The molecule has 1 fully saturated rings. The molecule has 6 nitrogen and oxygen atoms in total. The third kappa shape index (κ3) is 4.80. The monoisotopic (exact) mass is 544 g/mol. The van der Waals surface area contributed by atoms with Gasteiger partial charge in [-0.2, -0.15) is 0 Å². The maximum absolute atomic E-state index is 13.7. The quantitative estimate of drug-likeness (QED) is 0.297. The zero-order valence-corrected chi connectivity index (χ0v) is 22.1. The number of aromatic nitrogens is 2. The van der Waals surface area contributed by atoms with E-state index in [-0.39, 0.29) is 30.3 Å². The molecule has 36 heavy (non-hydrogen) atoms. The molecule has 7 heteroatoms. The number of amides is 2. The van der Waals surface area contributed by atoms with E-state index in [0.29, 0.717) is 19.5 Å². The van der Waals surface area contributed by atoms with E-state index >= 15 is 0 Å². The van der Waals surface area contributed by atoms with Gasteiger partial charge in [-0.25, -0.2) is 4.98 Å². The largest absolute Gasteiger partial charge is 0.334 e. The number of halogens is 1. The van der Waals surface area contributed by atoms with Crippen LogP contribution in [0.5, 0.6) is 0 Å². The summed E-state index contributed by atoms with van der Waals surface area (Å²) in [5.41, 5.74) is 3.71. The van der Waals surface area contributed by atoms with Crippen molar-refractivity contribution < 1.29 is 9.59 Å². The first kappa shape index (κ1) is 24.3. The molecular formula is C29H29BrN4O2. The van der Waals surface area contributed by atoms with Crippen molar-refractivity contribution in [3.05, 3.63) is 94.7 Å². The predicted octanol–water partition coefficient (Wildman–Crippen LogP) is 5.76. The van der Waals surface area contributed by atoms with E-state index in [1.165, 1.54) is 0 Å². The van der Waals surface area contributed by atoms with Crippen LogP contribution in [0.3, 0.4) is 0 Å². The fraction of sp³-hybridized carbons (Fsp3) is 0.276. The van der Waals surface area contributed by atoms with Crippen LogP contribution < -0.4 is 4.90 Å². The Morgan fingerprint density at radius 3 is 2.47 bits per heavy atom. The number of fused-ring (bicyclic) bond motifs is 1. The Kier molecular flexibility index (Phi) is 6.92. The SMILES string of the molecule is CC(C)N(Cc1ccccc1)C(=O)Cn1c(C2CC(=O)N(c3ccccc3Br)C2)nc2ccccc21. The van der Waals surface area contributed by atoms with Gasteiger partial charge in [0.25, 0.3) is 0 Å². The average molecular weight is 545 g/mol. The topological polar surface area (TPSA) is 58.4 Å². The number of hydrogen-bond donors (Lipinski definition) is 0. The lowest BCUT2D eigenvalue weighted by Crippen LogP contribution is -2.39. The summed E-state index contributed by atoms with van der Waals surface area (Å²) < 4.78 is 2.90. The number of carbonyl (C=O) groups excluding carboxylic acids is 2. The molecule has 1 saturated heterocycles. The molecule has 1 atom stereocenters. The molecule has 2 amide bonds. The van der Waals surface area contributed by atoms with Crippen LogP contribution in [0.2, 0.25) is 0 Å². The van der Waals surface area contributed by atoms with Crippen LogP contribution in [-0.4, -0.2) is 38.9 Å². The summed E-state index contributed by atoms with van der Waals surface area (Å²) in [6.45, 7) is 5.34. The molecule has 1 aliphatic heterocycles. The molecule has 0 radical (unpaired) electrons. The van der Waals surface area contributed by atoms with Gasteiger partial charge in [0.15, 0.2) is 0 Å². The highest BCUT2D eigenvalue weighted by Gasteiger charge is 2.36. The summed E-state index contributed by atoms with van der Waals surface area (Å²) in [5.74, 6) is 0.775. The number of rotatable bonds is 7. The molecular weight excluding hydrogens is 516 g/mol. The van der Waals surface area contributed by atoms with Gasteiger partial charge in [-0.1, -0.05) is 54.6 Å². The summed E-state index contributed by atoms with van der Waals surface area (Å²) >= 11 is 3.58. The van der Waals surface area contributed by atoms with Crippen molar-refractivity contribution in [1.29, 1.82) is 0 Å². The molecule has 0 N–H and O–H groups in total. The highest BCUT2D eigenvalue weighted by Crippen LogP contribution is 2.36. The van der Waals surface area contributed by atoms with Gasteiger partial charge < -0.3 is 14.4 Å². The first-order valence-corrected chi connectivity index (χ1v) is 13.0. The van der Waals surface area contributed by atoms with E-state index in [4.69, 9.17) is 4.98 Å². The number of hydrogen-bond acceptors (Lipinski definition) is 3. The predicted molar refractivity (Wildman–Crippen MR) is 146 cm³/mol. The zero-order chi connectivity index (χ0) is 25.2. The Morgan fingerprint density at radius 2 is 1.72 bits per heavy atom. The molecule has 0 saturated carbocycles. The maximum Gasteiger partial charge on any atom is 0.243 e. The molecule has 2 heterocycles. The van der Waals surface area contributed by atoms with Gasteiger partial charge >= 0.3 is 0 Å². The number of benzene rings is 3. The molecule has 1 unspecified atom stereocenters. The number of anilines is 1. The molecule has 1 aliphatic rings. The highest BCUT2D eigenvalue weighted by atomic mass is 79.9. The molecule has 184 valence electrons. The number of nitrogens with zero attached hydrogens (tertiary/aromatic N) is 4. The number of imidazole rings is 1. The number of carbonyl (C=O) groups is 2. The van der Waals surface area contributed by atoms with Crippen molar-refractivity contribution in [3.63, 3.8) is 0 Å². The van der Waals surface area contributed by atoms with Gasteiger partial charge in [-0.15, -0.1) is 0 Å². The summed E-state index contributed by atoms with van der Waals surface area (Å²) in [4.78, 5) is 35.4. The van der Waals surface area contributed by atoms with Gasteiger partial charge in [-0.3, -0.25) is 9.59 Å². The van der Waals surface area contributed by atoms with E-state index in [0.717, 1.165) is 32.6 Å². The molecule has 5 rings (SSSR count). The van der Waals surface area contributed by atoms with Crippen molar-refractivity contribution in [2.24, 2.45) is 0 Å². The molecule has 3 aromatic carbocycles. The summed E-state index contributed by atoms with van der Waals surface area (Å²) in [7, 11) is 0. The van der Waals surface area contributed by atoms with Gasteiger partial charge in [-0.05, 0) is 59.6 Å². The zero-order valence-electron chi connectivity index (χ0n) is 20.5. The van der Waals surface area contributed by atoms with Crippen LogP contribution >= 0.6 is 15.9 Å². The number of para-hydroxylation sites is 3. The lowest BCUT2D eigenvalue weighted by Gasteiger charge is -2.28. The van der Waals surface area contributed by atoms with Crippen LogP contribution in [0.15, 0.2) is 83.3 Å². The summed E-state index contributed by atoms with van der Waals surface area (Å²) in [5, 5.41) is 0. The van der Waals surface area contributed by atoms with Gasteiger partial charge in [0.05, 0.1) is 16.7 Å². The Balaban J connectivity index is 1.46. The normalized spacial score (nSPS) is 15.7. The van der Waals surface area contributed by atoms with Crippen molar-refractivity contribution in [2.45, 2.75) is 45.3 Å². The summed E-state index contributed by atoms with van der Waals surface area (Å²) in [6, 6.07) is 25.7. The van der Waals surface area contributed by atoms with Gasteiger partial charge in [0.1, 0.15) is 12.4 Å². The Morgan fingerprint density at radius 1 is 1.03 bits per heavy atom. The van der Waals surface area contributed by atoms with E-state index in [1.807, 2.05) is 107 Å². The minimum Gasteiger partial charge on any atom is -0.334 e. The fourth-order valence-corrected chi connectivity index (χ4v) is 5.42. The minimum atomic E-state index is -0.105. The van der Waals surface area contributed by atoms with E-state index in [1.54, 1.807) is 0 Å². The van der Waals surface area contributed by atoms with E-state index < -0.39 is 0 Å². The third-order valence-electron chi connectivity index (χ3n) is 6.75. The third-order valence-corrected chi connectivity index (χ3v) is 7.42. The van der Waals surface area contributed by atoms with Crippen LogP contribution in [0.1, 0.15) is 37.6 Å². The Labute approximate surface area is 219 Å². The second-order valence-electron chi connectivity index (χ2n) is 9.50. The minimum absolute atomic E-state index is 0.0326. The van der Waals surface area contributed by atoms with Gasteiger partial charge in [0, 0.05) is 35.9 Å². The standard InChI is InChI=1S/C29H29BrN4O2/c1-20(2)32(17-21-10-4-3-5-11-21)28(36)19-34-26-15-9-7-13-24(26)31-29(34)22-16-27(35)33(18-22)25-14-8-6-12-23(25)30/h3-15,20,22H,16-19H2,1-2H3. The Bertz CT molecular complexity index is 1400. The van der Waals surface area contributed by atoms with Crippen LogP contribution in [0.25, 0.3) is 11.0 Å². The van der Waals surface area contributed by atoms with Gasteiger partial charge in [0.2, 0.25) is 11.8 Å². The van der Waals surface area contributed by atoms with Crippen LogP contribution in [0, 0.1) is 0 Å². The molecule has 0 bridgehead atoms. The lowest BCUT2D eigenvalue weighted by molar-refractivity contribution is -0.134. The summed E-state index contributed by atoms with van der Waals surface area (Å²) in [6.07, 6.45) is 0.358.